The fourth-order valence-electron chi connectivity index (χ4n) is 2.60. The highest BCUT2D eigenvalue weighted by Gasteiger charge is 2.25. The lowest BCUT2D eigenvalue weighted by atomic mass is 10.1. The van der Waals surface area contributed by atoms with Crippen molar-refractivity contribution in [2.75, 3.05) is 6.54 Å². The third-order valence-corrected chi connectivity index (χ3v) is 6.07. The molecule has 8 heteroatoms. The van der Waals surface area contributed by atoms with Gasteiger partial charge >= 0.3 is 0 Å². The van der Waals surface area contributed by atoms with Crippen LogP contribution in [0.2, 0.25) is 0 Å². The second-order valence-electron chi connectivity index (χ2n) is 6.26. The van der Waals surface area contributed by atoms with E-state index in [1.54, 1.807) is 24.3 Å². The molecule has 27 heavy (non-hydrogen) atoms. The van der Waals surface area contributed by atoms with Crippen LogP contribution in [0, 0.1) is 0 Å². The number of rotatable bonds is 11. The average molecular weight is 457 g/mol. The monoisotopic (exact) mass is 456 g/mol. The minimum absolute atomic E-state index is 0.0307. The molecule has 2 rings (SSSR count). The topological polar surface area (TPSA) is 88.4 Å². The van der Waals surface area contributed by atoms with Crippen LogP contribution in [0.15, 0.2) is 56.4 Å². The van der Waals surface area contributed by atoms with Crippen LogP contribution >= 0.6 is 15.9 Å². The lowest BCUT2D eigenvalue weighted by Gasteiger charge is -2.17. The number of furan rings is 1. The molecule has 1 aromatic carbocycles. The minimum Gasteiger partial charge on any atom is -0.468 e. The summed E-state index contributed by atoms with van der Waals surface area (Å²) in [6.45, 7) is 2.72. The predicted octanol–water partition coefficient (Wildman–Crippen LogP) is 4.15. The summed E-state index contributed by atoms with van der Waals surface area (Å²) in [5, 5.41) is 2.85. The van der Waals surface area contributed by atoms with Gasteiger partial charge in [0.05, 0.1) is 23.6 Å². The molecule has 1 unspecified atom stereocenters. The number of halogens is 1. The van der Waals surface area contributed by atoms with Crippen LogP contribution in [0.4, 0.5) is 0 Å². The molecule has 0 spiro atoms. The van der Waals surface area contributed by atoms with Gasteiger partial charge in [-0.05, 0) is 42.8 Å². The third-order valence-electron chi connectivity index (χ3n) is 4.05. The van der Waals surface area contributed by atoms with Gasteiger partial charge in [-0.1, -0.05) is 42.1 Å². The highest BCUT2D eigenvalue weighted by molar-refractivity contribution is 9.10. The molecular formula is C19H25BrN2O4S. The number of benzene rings is 1. The van der Waals surface area contributed by atoms with Gasteiger partial charge < -0.3 is 9.73 Å². The fourth-order valence-corrected chi connectivity index (χ4v) is 4.06. The summed E-state index contributed by atoms with van der Waals surface area (Å²) in [6, 6.07) is 8.85. The summed E-state index contributed by atoms with van der Waals surface area (Å²) in [5.41, 5.74) is 0. The summed E-state index contributed by atoms with van der Waals surface area (Å²) < 4.78 is 34.0. The molecule has 0 saturated heterocycles. The molecule has 1 heterocycles. The van der Waals surface area contributed by atoms with Gasteiger partial charge in [0.15, 0.2) is 0 Å². The largest absolute Gasteiger partial charge is 0.468 e. The van der Waals surface area contributed by atoms with Crippen molar-refractivity contribution < 1.29 is 17.6 Å². The van der Waals surface area contributed by atoms with Crippen LogP contribution < -0.4 is 10.0 Å². The number of sulfonamides is 1. The van der Waals surface area contributed by atoms with Gasteiger partial charge in [0.1, 0.15) is 5.76 Å². The molecule has 0 aliphatic carbocycles. The summed E-state index contributed by atoms with van der Waals surface area (Å²) in [6.07, 6.45) is 5.67. The zero-order valence-corrected chi connectivity index (χ0v) is 17.7. The number of carbonyl (C=O) groups is 1. The molecule has 2 aromatic rings. The van der Waals surface area contributed by atoms with E-state index in [0.717, 1.165) is 30.2 Å². The quantitative estimate of drug-likeness (QED) is 0.497. The first-order chi connectivity index (χ1) is 12.9. The van der Waals surface area contributed by atoms with Gasteiger partial charge in [-0.3, -0.25) is 4.79 Å². The second-order valence-corrected chi connectivity index (χ2v) is 8.89. The Kier molecular flexibility index (Phi) is 8.53. The van der Waals surface area contributed by atoms with Crippen molar-refractivity contribution in [3.05, 3.63) is 52.9 Å². The van der Waals surface area contributed by atoms with Crippen molar-refractivity contribution in [2.24, 2.45) is 0 Å². The molecule has 0 fully saturated rings. The molecule has 148 valence electrons. The Morgan fingerprint density at radius 1 is 1.15 bits per heavy atom. The molecule has 0 aliphatic heterocycles. The number of hydrogen-bond acceptors (Lipinski definition) is 4. The van der Waals surface area contributed by atoms with Gasteiger partial charge in [-0.15, -0.1) is 0 Å². The average Bonchev–Trinajstić information content (AvgIpc) is 3.16. The lowest BCUT2D eigenvalue weighted by molar-refractivity contribution is -0.121. The Labute approximate surface area is 168 Å². The zero-order chi connectivity index (χ0) is 19.7. The second kappa shape index (κ2) is 10.6. The fraction of sp³-hybridized carbons (Fsp3) is 0.421. The van der Waals surface area contributed by atoms with Crippen LogP contribution in [0.5, 0.6) is 0 Å². The van der Waals surface area contributed by atoms with E-state index in [4.69, 9.17) is 4.42 Å². The van der Waals surface area contributed by atoms with E-state index in [0.29, 0.717) is 12.3 Å². The predicted molar refractivity (Wildman–Crippen MR) is 108 cm³/mol. The molecule has 1 atom stereocenters. The number of hydrogen-bond donors (Lipinski definition) is 2. The molecule has 0 radical (unpaired) electrons. The Bertz CT molecular complexity index is 805. The standard InChI is InChI=1S/C19H25BrN2O4S/c1-2-3-4-5-12-21-19(23)14-17(18-7-6-13-26-18)22-27(24,25)16-10-8-15(20)9-11-16/h6-11,13,17,22H,2-5,12,14H2,1H3,(H,21,23). The molecular weight excluding hydrogens is 432 g/mol. The maximum absolute atomic E-state index is 12.7. The van der Waals surface area contributed by atoms with Crippen molar-refractivity contribution in [3.8, 4) is 0 Å². The Hall–Kier alpha value is -1.64. The lowest BCUT2D eigenvalue weighted by Crippen LogP contribution is -2.34. The van der Waals surface area contributed by atoms with Crippen LogP contribution in [0.25, 0.3) is 0 Å². The maximum atomic E-state index is 12.7. The molecule has 6 nitrogen and oxygen atoms in total. The van der Waals surface area contributed by atoms with E-state index >= 15 is 0 Å². The van der Waals surface area contributed by atoms with Gasteiger partial charge in [-0.2, -0.15) is 4.72 Å². The number of unbranched alkanes of at least 4 members (excludes halogenated alkanes) is 3. The van der Waals surface area contributed by atoms with Gasteiger partial charge in [0.2, 0.25) is 15.9 Å². The van der Waals surface area contributed by atoms with Crippen LogP contribution in [-0.4, -0.2) is 20.9 Å². The van der Waals surface area contributed by atoms with Gasteiger partial charge in [0.25, 0.3) is 0 Å². The van der Waals surface area contributed by atoms with E-state index in [1.807, 2.05) is 0 Å². The SMILES string of the molecule is CCCCCCNC(=O)CC(NS(=O)(=O)c1ccc(Br)cc1)c1ccco1. The normalized spacial score (nSPS) is 12.7. The summed E-state index contributed by atoms with van der Waals surface area (Å²) >= 11 is 3.28. The van der Waals surface area contributed by atoms with E-state index < -0.39 is 16.1 Å². The maximum Gasteiger partial charge on any atom is 0.241 e. The molecule has 1 aromatic heterocycles. The molecule has 0 saturated carbocycles. The van der Waals surface area contributed by atoms with Crippen LogP contribution in [0.3, 0.4) is 0 Å². The molecule has 0 bridgehead atoms. The van der Waals surface area contributed by atoms with E-state index in [1.165, 1.54) is 18.4 Å². The van der Waals surface area contributed by atoms with Crippen LogP contribution in [0.1, 0.15) is 50.8 Å². The number of amides is 1. The first kappa shape index (κ1) is 21.7. The van der Waals surface area contributed by atoms with Crippen molar-refractivity contribution in [3.63, 3.8) is 0 Å². The first-order valence-electron chi connectivity index (χ1n) is 9.00. The Morgan fingerprint density at radius 2 is 1.89 bits per heavy atom. The summed E-state index contributed by atoms with van der Waals surface area (Å²) in [5.74, 6) is 0.184. The summed E-state index contributed by atoms with van der Waals surface area (Å²) in [7, 11) is -3.79. The van der Waals surface area contributed by atoms with Gasteiger partial charge in [0, 0.05) is 11.0 Å². The van der Waals surface area contributed by atoms with E-state index in [-0.39, 0.29) is 17.2 Å². The first-order valence-corrected chi connectivity index (χ1v) is 11.3. The van der Waals surface area contributed by atoms with Crippen molar-refractivity contribution in [1.82, 2.24) is 10.0 Å². The van der Waals surface area contributed by atoms with Crippen LogP contribution in [-0.2, 0) is 14.8 Å². The van der Waals surface area contributed by atoms with Crippen molar-refractivity contribution in [2.45, 2.75) is 50.0 Å². The number of carbonyl (C=O) groups excluding carboxylic acids is 1. The highest BCUT2D eigenvalue weighted by atomic mass is 79.9. The summed E-state index contributed by atoms with van der Waals surface area (Å²) in [4.78, 5) is 12.4. The Balaban J connectivity index is 2.02. The van der Waals surface area contributed by atoms with Crippen molar-refractivity contribution in [1.29, 1.82) is 0 Å². The third kappa shape index (κ3) is 7.12. The van der Waals surface area contributed by atoms with E-state index in [9.17, 15) is 13.2 Å². The molecule has 0 aliphatic rings. The smallest absolute Gasteiger partial charge is 0.241 e. The number of nitrogens with one attached hydrogen (secondary N) is 2. The van der Waals surface area contributed by atoms with Crippen molar-refractivity contribution >= 4 is 31.9 Å². The highest BCUT2D eigenvalue weighted by Crippen LogP contribution is 2.22. The molecule has 1 amide bonds. The Morgan fingerprint density at radius 3 is 2.52 bits per heavy atom. The zero-order valence-electron chi connectivity index (χ0n) is 15.3. The van der Waals surface area contributed by atoms with E-state index in [2.05, 4.69) is 32.9 Å². The van der Waals surface area contributed by atoms with Gasteiger partial charge in [-0.25, -0.2) is 8.42 Å². The molecule has 2 N–H and O–H groups in total. The minimum atomic E-state index is -3.79.